The molecule has 1 amide bonds. The van der Waals surface area contributed by atoms with Crippen LogP contribution in [0.5, 0.6) is 5.75 Å². The lowest BCUT2D eigenvalue weighted by Crippen LogP contribution is -2.30. The Morgan fingerprint density at radius 2 is 1.76 bits per heavy atom. The highest BCUT2D eigenvalue weighted by atomic mass is 16.5. The Morgan fingerprint density at radius 1 is 1.00 bits per heavy atom. The minimum atomic E-state index is -0.0808. The molecule has 29 heavy (non-hydrogen) atoms. The maximum Gasteiger partial charge on any atom is 0.254 e. The second kappa shape index (κ2) is 9.91. The molecular weight excluding hydrogens is 360 g/mol. The average molecular weight is 382 g/mol. The van der Waals surface area contributed by atoms with Crippen LogP contribution in [0, 0.1) is 11.3 Å². The largest absolute Gasteiger partial charge is 0.489 e. The van der Waals surface area contributed by atoms with Gasteiger partial charge in [0, 0.05) is 18.7 Å². The van der Waals surface area contributed by atoms with Crippen LogP contribution < -0.4 is 4.74 Å². The molecule has 0 heterocycles. The first kappa shape index (κ1) is 19.9. The van der Waals surface area contributed by atoms with Gasteiger partial charge in [0.15, 0.2) is 0 Å². The summed E-state index contributed by atoms with van der Waals surface area (Å²) in [6.45, 7) is 5.04. The van der Waals surface area contributed by atoms with E-state index in [1.165, 1.54) is 0 Å². The fourth-order valence-corrected chi connectivity index (χ4v) is 2.94. The van der Waals surface area contributed by atoms with E-state index in [2.05, 4.69) is 12.6 Å². The van der Waals surface area contributed by atoms with Crippen molar-refractivity contribution in [3.63, 3.8) is 0 Å². The molecule has 0 N–H and O–H groups in total. The normalized spacial score (nSPS) is 10.0. The van der Waals surface area contributed by atoms with Gasteiger partial charge in [-0.05, 0) is 47.5 Å². The van der Waals surface area contributed by atoms with Crippen molar-refractivity contribution >= 4 is 5.91 Å². The third kappa shape index (κ3) is 5.57. The first-order valence-electron chi connectivity index (χ1n) is 9.35. The van der Waals surface area contributed by atoms with Crippen LogP contribution in [0.1, 0.15) is 27.0 Å². The molecule has 0 bridgehead atoms. The predicted molar refractivity (Wildman–Crippen MR) is 113 cm³/mol. The van der Waals surface area contributed by atoms with Gasteiger partial charge in [0.05, 0.1) is 11.6 Å². The van der Waals surface area contributed by atoms with Gasteiger partial charge in [-0.2, -0.15) is 5.26 Å². The Balaban J connectivity index is 1.67. The number of carbonyl (C=O) groups is 1. The van der Waals surface area contributed by atoms with Crippen LogP contribution in [0.2, 0.25) is 0 Å². The standard InChI is InChI=1S/C25H22N2O2/c1-2-15-27(18-22-8-6-7-21(16-22)17-26)25(28)23-13-11-20(12-14-23)19-29-24-9-4-3-5-10-24/h2-14,16H,1,15,18-19H2. The SMILES string of the molecule is C=CCN(Cc1cccc(C#N)c1)C(=O)c1ccc(COc2ccccc2)cc1. The Labute approximate surface area is 171 Å². The van der Waals surface area contributed by atoms with Crippen molar-refractivity contribution in [3.8, 4) is 11.8 Å². The molecule has 0 unspecified atom stereocenters. The summed E-state index contributed by atoms with van der Waals surface area (Å²) in [5, 5.41) is 9.07. The number of nitrogens with zero attached hydrogens (tertiary/aromatic N) is 2. The van der Waals surface area contributed by atoms with Gasteiger partial charge in [0.1, 0.15) is 12.4 Å². The van der Waals surface area contributed by atoms with E-state index in [1.807, 2.05) is 66.7 Å². The Bertz CT molecular complexity index is 1000. The summed E-state index contributed by atoms with van der Waals surface area (Å²) in [7, 11) is 0. The van der Waals surface area contributed by atoms with Gasteiger partial charge in [-0.1, -0.05) is 48.5 Å². The summed E-state index contributed by atoms with van der Waals surface area (Å²) < 4.78 is 5.74. The van der Waals surface area contributed by atoms with E-state index < -0.39 is 0 Å². The minimum Gasteiger partial charge on any atom is -0.489 e. The highest BCUT2D eigenvalue weighted by molar-refractivity contribution is 5.94. The molecule has 0 radical (unpaired) electrons. The maximum atomic E-state index is 13.0. The number of benzene rings is 3. The van der Waals surface area contributed by atoms with Crippen LogP contribution in [0.15, 0.2) is 91.5 Å². The third-order valence-electron chi connectivity index (χ3n) is 4.42. The molecule has 4 nitrogen and oxygen atoms in total. The van der Waals surface area contributed by atoms with Crippen molar-refractivity contribution < 1.29 is 9.53 Å². The van der Waals surface area contributed by atoms with Crippen LogP contribution in [-0.4, -0.2) is 17.4 Å². The van der Waals surface area contributed by atoms with Gasteiger partial charge in [0.25, 0.3) is 5.91 Å². The average Bonchev–Trinajstić information content (AvgIpc) is 2.78. The molecule has 0 aliphatic rings. The second-order valence-corrected chi connectivity index (χ2v) is 6.59. The molecular formula is C25H22N2O2. The number of carbonyl (C=O) groups excluding carboxylic acids is 1. The molecule has 3 aromatic rings. The molecule has 3 rings (SSSR count). The zero-order valence-electron chi connectivity index (χ0n) is 16.1. The monoisotopic (exact) mass is 382 g/mol. The van der Waals surface area contributed by atoms with Crippen molar-refractivity contribution in [1.29, 1.82) is 5.26 Å². The van der Waals surface area contributed by atoms with E-state index in [0.717, 1.165) is 16.9 Å². The summed E-state index contributed by atoms with van der Waals surface area (Å²) in [6.07, 6.45) is 1.70. The summed E-state index contributed by atoms with van der Waals surface area (Å²) in [6, 6.07) is 26.5. The molecule has 3 aromatic carbocycles. The van der Waals surface area contributed by atoms with Gasteiger partial charge in [-0.3, -0.25) is 4.79 Å². The quantitative estimate of drug-likeness (QED) is 0.517. The van der Waals surface area contributed by atoms with Crippen molar-refractivity contribution in [1.82, 2.24) is 4.90 Å². The summed E-state index contributed by atoms with van der Waals surface area (Å²) >= 11 is 0. The summed E-state index contributed by atoms with van der Waals surface area (Å²) in [4.78, 5) is 14.7. The first-order chi connectivity index (χ1) is 14.2. The number of para-hydroxylation sites is 1. The molecule has 0 saturated heterocycles. The van der Waals surface area contributed by atoms with Gasteiger partial charge in [-0.15, -0.1) is 6.58 Å². The van der Waals surface area contributed by atoms with Gasteiger partial charge >= 0.3 is 0 Å². The summed E-state index contributed by atoms with van der Waals surface area (Å²) in [5.74, 6) is 0.729. The van der Waals surface area contributed by atoms with Gasteiger partial charge < -0.3 is 9.64 Å². The number of nitriles is 1. The fourth-order valence-electron chi connectivity index (χ4n) is 2.94. The van der Waals surface area contributed by atoms with Gasteiger partial charge in [0.2, 0.25) is 0 Å². The number of rotatable bonds is 8. The Kier molecular flexibility index (Phi) is 6.80. The number of hydrogen-bond donors (Lipinski definition) is 0. The first-order valence-corrected chi connectivity index (χ1v) is 9.35. The Hall–Kier alpha value is -3.84. The van der Waals surface area contributed by atoms with Crippen LogP contribution in [-0.2, 0) is 13.2 Å². The van der Waals surface area contributed by atoms with Crippen LogP contribution >= 0.6 is 0 Å². The predicted octanol–water partition coefficient (Wildman–Crippen LogP) is 4.97. The molecule has 0 saturated carbocycles. The smallest absolute Gasteiger partial charge is 0.254 e. The molecule has 144 valence electrons. The molecule has 0 aliphatic carbocycles. The van der Waals surface area contributed by atoms with Crippen LogP contribution in [0.3, 0.4) is 0 Å². The zero-order valence-corrected chi connectivity index (χ0v) is 16.1. The van der Waals surface area contributed by atoms with Crippen molar-refractivity contribution in [2.24, 2.45) is 0 Å². The highest BCUT2D eigenvalue weighted by Crippen LogP contribution is 2.15. The number of hydrogen-bond acceptors (Lipinski definition) is 3. The minimum absolute atomic E-state index is 0.0808. The van der Waals surface area contributed by atoms with Crippen molar-refractivity contribution in [2.75, 3.05) is 6.54 Å². The molecule has 0 aromatic heterocycles. The molecule has 0 aliphatic heterocycles. The fraction of sp³-hybridized carbons (Fsp3) is 0.120. The van der Waals surface area contributed by atoms with E-state index in [0.29, 0.717) is 30.8 Å². The van der Waals surface area contributed by atoms with E-state index in [-0.39, 0.29) is 5.91 Å². The third-order valence-corrected chi connectivity index (χ3v) is 4.42. The topological polar surface area (TPSA) is 53.3 Å². The molecule has 0 fully saturated rings. The van der Waals surface area contributed by atoms with E-state index in [9.17, 15) is 4.79 Å². The van der Waals surface area contributed by atoms with Crippen LogP contribution in [0.4, 0.5) is 0 Å². The van der Waals surface area contributed by atoms with E-state index in [4.69, 9.17) is 10.00 Å². The van der Waals surface area contributed by atoms with Crippen molar-refractivity contribution in [2.45, 2.75) is 13.2 Å². The lowest BCUT2D eigenvalue weighted by molar-refractivity contribution is 0.0762. The molecule has 0 spiro atoms. The maximum absolute atomic E-state index is 13.0. The lowest BCUT2D eigenvalue weighted by atomic mass is 10.1. The lowest BCUT2D eigenvalue weighted by Gasteiger charge is -2.21. The highest BCUT2D eigenvalue weighted by Gasteiger charge is 2.15. The number of amides is 1. The van der Waals surface area contributed by atoms with E-state index >= 15 is 0 Å². The Morgan fingerprint density at radius 3 is 2.45 bits per heavy atom. The molecule has 4 heteroatoms. The van der Waals surface area contributed by atoms with Gasteiger partial charge in [-0.25, -0.2) is 0 Å². The molecule has 0 atom stereocenters. The van der Waals surface area contributed by atoms with Crippen molar-refractivity contribution in [3.05, 3.63) is 114 Å². The van der Waals surface area contributed by atoms with Crippen LogP contribution in [0.25, 0.3) is 0 Å². The summed E-state index contributed by atoms with van der Waals surface area (Å²) in [5.41, 5.74) is 3.08. The second-order valence-electron chi connectivity index (χ2n) is 6.59. The number of ether oxygens (including phenoxy) is 1. The van der Waals surface area contributed by atoms with E-state index in [1.54, 1.807) is 23.1 Å². The zero-order chi connectivity index (χ0) is 20.5.